The zero-order valence-electron chi connectivity index (χ0n) is 13.4. The van der Waals surface area contributed by atoms with Crippen molar-refractivity contribution in [3.8, 4) is 11.3 Å². The number of carbonyl (C=O) groups excluding carboxylic acids is 1. The summed E-state index contributed by atoms with van der Waals surface area (Å²) >= 11 is 0. The van der Waals surface area contributed by atoms with Crippen LogP contribution in [0.3, 0.4) is 0 Å². The molecule has 0 saturated heterocycles. The molecule has 0 fully saturated rings. The summed E-state index contributed by atoms with van der Waals surface area (Å²) in [7, 11) is 0. The highest BCUT2D eigenvalue weighted by atomic mass is 16.3. The first kappa shape index (κ1) is 16.0. The largest absolute Gasteiger partial charge is 0.464 e. The number of aliphatic hydroxyl groups excluding tert-OH is 1. The van der Waals surface area contributed by atoms with E-state index in [2.05, 4.69) is 5.32 Å². The standard InChI is InChI=1S/C20H19NO3/c1-14-5-2-3-6-17(14)20(23)21-13-18(22)15-8-10-16(11-9-15)19-7-4-12-24-19/h2-12,18,22H,13H2,1H3,(H,21,23). The molecule has 0 aliphatic carbocycles. The van der Waals surface area contributed by atoms with Gasteiger partial charge in [-0.3, -0.25) is 4.79 Å². The monoisotopic (exact) mass is 321 g/mol. The molecule has 0 radical (unpaired) electrons. The summed E-state index contributed by atoms with van der Waals surface area (Å²) in [5.41, 5.74) is 3.22. The summed E-state index contributed by atoms with van der Waals surface area (Å²) in [6, 6.07) is 18.5. The van der Waals surface area contributed by atoms with Gasteiger partial charge in [0.05, 0.1) is 12.4 Å². The lowest BCUT2D eigenvalue weighted by atomic mass is 10.1. The van der Waals surface area contributed by atoms with Crippen molar-refractivity contribution in [2.24, 2.45) is 0 Å². The summed E-state index contributed by atoms with van der Waals surface area (Å²) < 4.78 is 5.34. The molecule has 2 N–H and O–H groups in total. The van der Waals surface area contributed by atoms with Crippen LogP contribution in [0.15, 0.2) is 71.3 Å². The lowest BCUT2D eigenvalue weighted by Gasteiger charge is -2.13. The maximum Gasteiger partial charge on any atom is 0.251 e. The Labute approximate surface area is 140 Å². The van der Waals surface area contributed by atoms with Crippen molar-refractivity contribution in [1.29, 1.82) is 0 Å². The molecule has 1 aromatic heterocycles. The maximum atomic E-state index is 12.2. The fraction of sp³-hybridized carbons (Fsp3) is 0.150. The van der Waals surface area contributed by atoms with Gasteiger partial charge in [-0.1, -0.05) is 42.5 Å². The molecule has 1 heterocycles. The van der Waals surface area contributed by atoms with E-state index in [4.69, 9.17) is 4.42 Å². The van der Waals surface area contributed by atoms with Gasteiger partial charge in [0.1, 0.15) is 5.76 Å². The van der Waals surface area contributed by atoms with Gasteiger partial charge in [-0.2, -0.15) is 0 Å². The summed E-state index contributed by atoms with van der Waals surface area (Å²) in [5.74, 6) is 0.600. The van der Waals surface area contributed by atoms with Crippen LogP contribution in [0, 0.1) is 6.92 Å². The number of hydrogen-bond acceptors (Lipinski definition) is 3. The van der Waals surface area contributed by atoms with Gasteiger partial charge >= 0.3 is 0 Å². The van der Waals surface area contributed by atoms with Crippen molar-refractivity contribution in [3.05, 3.63) is 83.6 Å². The van der Waals surface area contributed by atoms with Crippen molar-refractivity contribution in [3.63, 3.8) is 0 Å². The van der Waals surface area contributed by atoms with Gasteiger partial charge in [0.15, 0.2) is 0 Å². The van der Waals surface area contributed by atoms with Gasteiger partial charge in [-0.05, 0) is 36.2 Å². The third-order valence-corrected chi connectivity index (χ3v) is 3.95. The number of carbonyl (C=O) groups is 1. The van der Waals surface area contributed by atoms with Gasteiger partial charge in [0, 0.05) is 17.7 Å². The van der Waals surface area contributed by atoms with Crippen LogP contribution in [0.1, 0.15) is 27.6 Å². The van der Waals surface area contributed by atoms with Gasteiger partial charge in [-0.25, -0.2) is 0 Å². The average molecular weight is 321 g/mol. The first-order valence-corrected chi connectivity index (χ1v) is 7.81. The Hall–Kier alpha value is -2.85. The Morgan fingerprint density at radius 2 is 1.83 bits per heavy atom. The molecular formula is C20H19NO3. The number of hydrogen-bond donors (Lipinski definition) is 2. The molecule has 0 bridgehead atoms. The van der Waals surface area contributed by atoms with E-state index < -0.39 is 6.10 Å². The minimum Gasteiger partial charge on any atom is -0.464 e. The molecular weight excluding hydrogens is 302 g/mol. The van der Waals surface area contributed by atoms with E-state index in [1.54, 1.807) is 12.3 Å². The Bertz CT molecular complexity index is 807. The lowest BCUT2D eigenvalue weighted by Crippen LogP contribution is -2.28. The number of amides is 1. The molecule has 1 amide bonds. The van der Waals surface area contributed by atoms with Gasteiger partial charge in [0.2, 0.25) is 0 Å². The van der Waals surface area contributed by atoms with Crippen molar-refractivity contribution in [1.82, 2.24) is 5.32 Å². The molecule has 1 unspecified atom stereocenters. The van der Waals surface area contributed by atoms with Crippen molar-refractivity contribution >= 4 is 5.91 Å². The molecule has 3 aromatic rings. The van der Waals surface area contributed by atoms with Gasteiger partial charge in [0.25, 0.3) is 5.91 Å². The predicted octanol–water partition coefficient (Wildman–Crippen LogP) is 3.72. The number of benzene rings is 2. The Morgan fingerprint density at radius 3 is 2.50 bits per heavy atom. The zero-order chi connectivity index (χ0) is 16.9. The second kappa shape index (κ2) is 7.15. The van der Waals surface area contributed by atoms with Crippen LogP contribution in [0.2, 0.25) is 0 Å². The van der Waals surface area contributed by atoms with Crippen molar-refractivity contribution < 1.29 is 14.3 Å². The van der Waals surface area contributed by atoms with E-state index in [0.717, 1.165) is 22.5 Å². The Morgan fingerprint density at radius 1 is 1.08 bits per heavy atom. The van der Waals surface area contributed by atoms with E-state index in [9.17, 15) is 9.90 Å². The van der Waals surface area contributed by atoms with Crippen LogP contribution in [-0.4, -0.2) is 17.6 Å². The fourth-order valence-corrected chi connectivity index (χ4v) is 2.54. The minimum atomic E-state index is -0.761. The highest BCUT2D eigenvalue weighted by Crippen LogP contribution is 2.22. The van der Waals surface area contributed by atoms with E-state index >= 15 is 0 Å². The smallest absolute Gasteiger partial charge is 0.251 e. The first-order valence-electron chi connectivity index (χ1n) is 7.81. The van der Waals surface area contributed by atoms with Crippen LogP contribution < -0.4 is 5.32 Å². The number of aryl methyl sites for hydroxylation is 1. The normalized spacial score (nSPS) is 11.9. The molecule has 122 valence electrons. The van der Waals surface area contributed by atoms with Crippen LogP contribution in [0.5, 0.6) is 0 Å². The summed E-state index contributed by atoms with van der Waals surface area (Å²) in [6.45, 7) is 2.05. The molecule has 24 heavy (non-hydrogen) atoms. The molecule has 0 saturated carbocycles. The number of rotatable bonds is 5. The first-order chi connectivity index (χ1) is 11.6. The SMILES string of the molecule is Cc1ccccc1C(=O)NCC(O)c1ccc(-c2ccco2)cc1. The topological polar surface area (TPSA) is 62.5 Å². The van der Waals surface area contributed by atoms with Gasteiger partial charge < -0.3 is 14.8 Å². The second-order valence-corrected chi connectivity index (χ2v) is 5.64. The highest BCUT2D eigenvalue weighted by Gasteiger charge is 2.12. The molecule has 3 rings (SSSR count). The van der Waals surface area contributed by atoms with Gasteiger partial charge in [-0.15, -0.1) is 0 Å². The fourth-order valence-electron chi connectivity index (χ4n) is 2.54. The Balaban J connectivity index is 1.62. The predicted molar refractivity (Wildman–Crippen MR) is 92.6 cm³/mol. The van der Waals surface area contributed by atoms with Crippen LogP contribution in [0.4, 0.5) is 0 Å². The zero-order valence-corrected chi connectivity index (χ0v) is 13.4. The summed E-state index contributed by atoms with van der Waals surface area (Å²) in [4.78, 5) is 12.2. The highest BCUT2D eigenvalue weighted by molar-refractivity contribution is 5.95. The number of aliphatic hydroxyl groups is 1. The van der Waals surface area contributed by atoms with Crippen molar-refractivity contribution in [2.45, 2.75) is 13.0 Å². The van der Waals surface area contributed by atoms with Crippen molar-refractivity contribution in [2.75, 3.05) is 6.54 Å². The third-order valence-electron chi connectivity index (χ3n) is 3.95. The molecule has 0 aliphatic heterocycles. The summed E-state index contributed by atoms with van der Waals surface area (Å²) in [5, 5.41) is 13.0. The molecule has 0 spiro atoms. The van der Waals surface area contributed by atoms with E-state index in [0.29, 0.717) is 5.56 Å². The quantitative estimate of drug-likeness (QED) is 0.753. The number of furan rings is 1. The van der Waals surface area contributed by atoms with Crippen LogP contribution in [-0.2, 0) is 0 Å². The van der Waals surface area contributed by atoms with E-state index in [1.165, 1.54) is 0 Å². The lowest BCUT2D eigenvalue weighted by molar-refractivity contribution is 0.0915. The second-order valence-electron chi connectivity index (χ2n) is 5.64. The van der Waals surface area contributed by atoms with Crippen LogP contribution >= 0.6 is 0 Å². The Kier molecular flexibility index (Phi) is 4.77. The maximum absolute atomic E-state index is 12.2. The average Bonchev–Trinajstić information content (AvgIpc) is 3.14. The van der Waals surface area contributed by atoms with E-state index in [-0.39, 0.29) is 12.5 Å². The molecule has 4 nitrogen and oxygen atoms in total. The summed E-state index contributed by atoms with van der Waals surface area (Å²) in [6.07, 6.45) is 0.864. The third kappa shape index (κ3) is 3.55. The number of nitrogens with one attached hydrogen (secondary N) is 1. The molecule has 2 aromatic carbocycles. The molecule has 1 atom stereocenters. The van der Waals surface area contributed by atoms with Crippen LogP contribution in [0.25, 0.3) is 11.3 Å². The molecule has 0 aliphatic rings. The molecule has 4 heteroatoms. The van der Waals surface area contributed by atoms with E-state index in [1.807, 2.05) is 61.5 Å². The minimum absolute atomic E-state index is 0.160.